The Balaban J connectivity index is 2.41. The molecule has 1 unspecified atom stereocenters. The highest BCUT2D eigenvalue weighted by Crippen LogP contribution is 2.24. The van der Waals surface area contributed by atoms with Crippen LogP contribution in [0.2, 0.25) is 0 Å². The Morgan fingerprint density at radius 3 is 2.78 bits per heavy atom. The van der Waals surface area contributed by atoms with Gasteiger partial charge in [0, 0.05) is 12.0 Å². The molecule has 1 aliphatic rings. The molecule has 0 aromatic heterocycles. The van der Waals surface area contributed by atoms with Crippen molar-refractivity contribution < 1.29 is 4.79 Å². The van der Waals surface area contributed by atoms with E-state index < -0.39 is 0 Å². The summed E-state index contributed by atoms with van der Waals surface area (Å²) in [6.07, 6.45) is 4.46. The molecule has 9 heavy (non-hydrogen) atoms. The smallest absolute Gasteiger partial charge is 0.124 e. The van der Waals surface area contributed by atoms with Gasteiger partial charge in [0.15, 0.2) is 0 Å². The van der Waals surface area contributed by atoms with E-state index in [1.165, 1.54) is 6.42 Å². The number of rotatable bonds is 2. The van der Waals surface area contributed by atoms with Crippen molar-refractivity contribution in [3.63, 3.8) is 0 Å². The van der Waals surface area contributed by atoms with Crippen molar-refractivity contribution in [3.05, 3.63) is 0 Å². The van der Waals surface area contributed by atoms with Gasteiger partial charge < -0.3 is 4.79 Å². The summed E-state index contributed by atoms with van der Waals surface area (Å²) in [5, 5.41) is 3.05. The quantitative estimate of drug-likeness (QED) is 0.458. The highest BCUT2D eigenvalue weighted by atomic mass is 31.0. The lowest BCUT2D eigenvalue weighted by Gasteiger charge is -2.10. The van der Waals surface area contributed by atoms with Gasteiger partial charge >= 0.3 is 0 Å². The van der Waals surface area contributed by atoms with Crippen molar-refractivity contribution in [1.82, 2.24) is 5.09 Å². The predicted molar refractivity (Wildman–Crippen MR) is 40.0 cm³/mol. The van der Waals surface area contributed by atoms with Gasteiger partial charge in [-0.1, -0.05) is 15.8 Å². The minimum Gasteiger partial charge on any atom is -0.303 e. The van der Waals surface area contributed by atoms with Crippen molar-refractivity contribution in [2.75, 3.05) is 0 Å². The predicted octanol–water partition coefficient (Wildman–Crippen LogP) is 0.734. The monoisotopic (exact) mass is 145 g/mol. The van der Waals surface area contributed by atoms with Gasteiger partial charge in [0.2, 0.25) is 0 Å². The van der Waals surface area contributed by atoms with E-state index in [0.29, 0.717) is 6.04 Å². The number of carbonyl (C=O) groups is 1. The van der Waals surface area contributed by atoms with Crippen molar-refractivity contribution in [3.8, 4) is 0 Å². The van der Waals surface area contributed by atoms with E-state index >= 15 is 0 Å². The summed E-state index contributed by atoms with van der Waals surface area (Å²) >= 11 is 0. The fourth-order valence-corrected chi connectivity index (χ4v) is 1.77. The number of hydrogen-bond donors (Lipinski definition) is 1. The maximum absolute atomic E-state index is 10.3. The van der Waals surface area contributed by atoms with E-state index in [1.54, 1.807) is 0 Å². The molecule has 0 spiro atoms. The average molecular weight is 145 g/mol. The zero-order valence-electron chi connectivity index (χ0n) is 5.34. The summed E-state index contributed by atoms with van der Waals surface area (Å²) in [5.74, 6) is 0.266. The van der Waals surface area contributed by atoms with Crippen LogP contribution in [0.25, 0.3) is 0 Å². The number of carbonyl (C=O) groups excluding carboxylic acids is 1. The molecule has 0 aromatic rings. The molecule has 0 aromatic carbocycles. The Kier molecular flexibility index (Phi) is 2.62. The Bertz CT molecular complexity index is 107. The molecule has 0 amide bonds. The highest BCUT2D eigenvalue weighted by Gasteiger charge is 2.24. The number of hydrogen-bond acceptors (Lipinski definition) is 2. The minimum atomic E-state index is 0.266. The van der Waals surface area contributed by atoms with Crippen LogP contribution in [-0.2, 0) is 4.79 Å². The van der Waals surface area contributed by atoms with Gasteiger partial charge in [-0.3, -0.25) is 5.09 Å². The molecule has 3 atom stereocenters. The molecule has 0 aliphatic heterocycles. The van der Waals surface area contributed by atoms with E-state index in [9.17, 15) is 4.79 Å². The fraction of sp³-hybridized carbons (Fsp3) is 0.833. The molecule has 1 rings (SSSR count). The minimum absolute atomic E-state index is 0.266. The van der Waals surface area contributed by atoms with Gasteiger partial charge in [0.05, 0.1) is 0 Å². The third-order valence-corrected chi connectivity index (χ3v) is 2.39. The molecular weight excluding hydrogens is 133 g/mol. The summed E-state index contributed by atoms with van der Waals surface area (Å²) < 4.78 is 0. The molecule has 3 heteroatoms. The molecule has 0 heterocycles. The van der Waals surface area contributed by atoms with Crippen LogP contribution in [0.1, 0.15) is 19.3 Å². The molecule has 2 nitrogen and oxygen atoms in total. The molecule has 1 saturated carbocycles. The molecule has 52 valence electrons. The zero-order valence-corrected chi connectivity index (χ0v) is 6.49. The zero-order chi connectivity index (χ0) is 6.69. The second-order valence-corrected chi connectivity index (χ2v) is 2.84. The van der Waals surface area contributed by atoms with E-state index in [1.807, 2.05) is 0 Å². The first-order chi connectivity index (χ1) is 4.38. The van der Waals surface area contributed by atoms with Crippen LogP contribution in [0.15, 0.2) is 0 Å². The molecule has 0 radical (unpaired) electrons. The summed E-state index contributed by atoms with van der Waals surface area (Å²) in [6, 6.07) is 0.424. The normalized spacial score (nSPS) is 34.8. The Morgan fingerprint density at radius 2 is 2.33 bits per heavy atom. The molecule has 0 saturated heterocycles. The van der Waals surface area contributed by atoms with Crippen LogP contribution in [0.3, 0.4) is 0 Å². The van der Waals surface area contributed by atoms with Crippen molar-refractivity contribution >= 4 is 15.7 Å². The lowest BCUT2D eigenvalue weighted by molar-refractivity contribution is -0.111. The van der Waals surface area contributed by atoms with Crippen molar-refractivity contribution in [1.29, 1.82) is 0 Å². The topological polar surface area (TPSA) is 29.1 Å². The Labute approximate surface area is 57.7 Å². The van der Waals surface area contributed by atoms with Crippen LogP contribution in [0.4, 0.5) is 0 Å². The molecular formula is C6H12NOP. The van der Waals surface area contributed by atoms with Crippen molar-refractivity contribution in [2.45, 2.75) is 25.3 Å². The van der Waals surface area contributed by atoms with E-state index in [4.69, 9.17) is 0 Å². The van der Waals surface area contributed by atoms with E-state index in [0.717, 1.165) is 19.1 Å². The molecule has 1 N–H and O–H groups in total. The van der Waals surface area contributed by atoms with Gasteiger partial charge in [0.1, 0.15) is 6.29 Å². The molecule has 1 fully saturated rings. The Morgan fingerprint density at radius 1 is 1.56 bits per heavy atom. The largest absolute Gasteiger partial charge is 0.303 e. The van der Waals surface area contributed by atoms with Gasteiger partial charge in [-0.2, -0.15) is 0 Å². The second kappa shape index (κ2) is 3.28. The van der Waals surface area contributed by atoms with Gasteiger partial charge in [0.25, 0.3) is 0 Å². The SMILES string of the molecule is O=C[C@@H]1CCC[C@H]1NP. The third-order valence-electron chi connectivity index (χ3n) is 1.96. The summed E-state index contributed by atoms with van der Waals surface area (Å²) in [5.41, 5.74) is 0. The van der Waals surface area contributed by atoms with Crippen LogP contribution in [-0.4, -0.2) is 12.3 Å². The van der Waals surface area contributed by atoms with Crippen LogP contribution in [0, 0.1) is 5.92 Å². The lowest BCUT2D eigenvalue weighted by Crippen LogP contribution is -2.25. The van der Waals surface area contributed by atoms with E-state index in [2.05, 4.69) is 14.5 Å². The van der Waals surface area contributed by atoms with Crippen LogP contribution in [0.5, 0.6) is 0 Å². The first-order valence-corrected chi connectivity index (χ1v) is 3.87. The lowest BCUT2D eigenvalue weighted by atomic mass is 10.1. The van der Waals surface area contributed by atoms with Gasteiger partial charge in [-0.15, -0.1) is 0 Å². The summed E-state index contributed by atoms with van der Waals surface area (Å²) in [6.45, 7) is 0. The average Bonchev–Trinajstić information content (AvgIpc) is 2.33. The first kappa shape index (κ1) is 7.17. The maximum atomic E-state index is 10.3. The van der Waals surface area contributed by atoms with Crippen molar-refractivity contribution in [2.24, 2.45) is 5.92 Å². The third kappa shape index (κ3) is 1.50. The maximum Gasteiger partial charge on any atom is 0.124 e. The van der Waals surface area contributed by atoms with Crippen LogP contribution < -0.4 is 5.09 Å². The molecule has 1 aliphatic carbocycles. The van der Waals surface area contributed by atoms with Gasteiger partial charge in [-0.05, 0) is 12.8 Å². The highest BCUT2D eigenvalue weighted by molar-refractivity contribution is 7.13. The number of aldehydes is 1. The second-order valence-electron chi connectivity index (χ2n) is 2.50. The van der Waals surface area contributed by atoms with Crippen LogP contribution >= 0.6 is 9.39 Å². The summed E-state index contributed by atoms with van der Waals surface area (Å²) in [4.78, 5) is 10.3. The standard InChI is InChI=1S/C6H12NOP/c8-4-5-2-1-3-6(5)7-9/h4-7H,1-3,9H2/t5-,6+/m0/s1. The fourth-order valence-electron chi connectivity index (χ4n) is 1.36. The molecule has 0 bridgehead atoms. The number of nitrogens with one attached hydrogen (secondary N) is 1. The van der Waals surface area contributed by atoms with Gasteiger partial charge in [-0.25, -0.2) is 0 Å². The summed E-state index contributed by atoms with van der Waals surface area (Å²) in [7, 11) is 2.47. The first-order valence-electron chi connectivity index (χ1n) is 3.30. The Hall–Kier alpha value is 0.0600. The van der Waals surface area contributed by atoms with E-state index in [-0.39, 0.29) is 5.92 Å².